The minimum Gasteiger partial charge on any atom is -0.481 e. The van der Waals surface area contributed by atoms with Crippen LogP contribution in [-0.2, 0) is 10.3 Å². The highest BCUT2D eigenvalue weighted by Gasteiger charge is 2.24. The average molecular weight is 258 g/mol. The van der Waals surface area contributed by atoms with Gasteiger partial charge in [-0.1, -0.05) is 28.1 Å². The van der Waals surface area contributed by atoms with Gasteiger partial charge in [0.2, 0.25) is 0 Å². The third-order valence-corrected chi connectivity index (χ3v) is 2.50. The highest BCUT2D eigenvalue weighted by atomic mass is 79.9. The van der Waals surface area contributed by atoms with Crippen LogP contribution in [0, 0.1) is 0 Å². The number of hydrogen-bond acceptors (Lipinski definition) is 2. The Morgan fingerprint density at radius 2 is 2.29 bits per heavy atom. The monoisotopic (exact) mass is 257 g/mol. The third kappa shape index (κ3) is 2.82. The number of hydrogen-bond donors (Lipinski definition) is 2. The Balaban J connectivity index is 2.97. The molecule has 0 aliphatic rings. The zero-order valence-corrected chi connectivity index (χ0v) is 9.41. The van der Waals surface area contributed by atoms with E-state index < -0.39 is 11.5 Å². The zero-order valence-electron chi connectivity index (χ0n) is 7.83. The Bertz CT molecular complexity index is 350. The summed E-state index contributed by atoms with van der Waals surface area (Å²) >= 11 is 3.32. The molecule has 0 bridgehead atoms. The number of rotatable bonds is 3. The fourth-order valence-electron chi connectivity index (χ4n) is 1.26. The van der Waals surface area contributed by atoms with Crippen molar-refractivity contribution in [3.05, 3.63) is 34.3 Å². The molecule has 0 aromatic heterocycles. The number of carboxylic acids is 1. The van der Waals surface area contributed by atoms with Gasteiger partial charge in [0.05, 0.1) is 6.42 Å². The smallest absolute Gasteiger partial charge is 0.305 e. The molecule has 3 nitrogen and oxygen atoms in total. The Labute approximate surface area is 91.1 Å². The lowest BCUT2D eigenvalue weighted by molar-refractivity contribution is -0.138. The first-order valence-electron chi connectivity index (χ1n) is 4.18. The largest absolute Gasteiger partial charge is 0.481 e. The number of halogens is 1. The maximum atomic E-state index is 10.6. The van der Waals surface area contributed by atoms with Gasteiger partial charge in [0, 0.05) is 10.0 Å². The fourth-order valence-corrected chi connectivity index (χ4v) is 1.66. The number of benzene rings is 1. The summed E-state index contributed by atoms with van der Waals surface area (Å²) in [5.41, 5.74) is 5.90. The van der Waals surface area contributed by atoms with Gasteiger partial charge in [-0.15, -0.1) is 0 Å². The normalized spacial score (nSPS) is 14.8. The van der Waals surface area contributed by atoms with Crippen molar-refractivity contribution in [1.82, 2.24) is 0 Å². The Morgan fingerprint density at radius 3 is 2.79 bits per heavy atom. The number of carbonyl (C=O) groups is 1. The van der Waals surface area contributed by atoms with Crippen LogP contribution in [0.4, 0.5) is 0 Å². The molecular formula is C10H12BrNO2. The van der Waals surface area contributed by atoms with Crippen molar-refractivity contribution >= 4 is 21.9 Å². The first-order valence-corrected chi connectivity index (χ1v) is 4.98. The van der Waals surface area contributed by atoms with E-state index in [0.717, 1.165) is 10.0 Å². The summed E-state index contributed by atoms with van der Waals surface area (Å²) in [6.45, 7) is 1.71. The number of nitrogens with two attached hydrogens (primary N) is 1. The minimum absolute atomic E-state index is 0.0799. The molecule has 0 radical (unpaired) electrons. The highest BCUT2D eigenvalue weighted by molar-refractivity contribution is 9.10. The number of carboxylic acid groups (broad SMARTS) is 1. The molecule has 0 saturated carbocycles. The highest BCUT2D eigenvalue weighted by Crippen LogP contribution is 2.24. The summed E-state index contributed by atoms with van der Waals surface area (Å²) in [6.07, 6.45) is -0.0799. The van der Waals surface area contributed by atoms with Crippen LogP contribution in [0.15, 0.2) is 28.7 Å². The fraction of sp³-hybridized carbons (Fsp3) is 0.300. The molecule has 0 saturated heterocycles. The lowest BCUT2D eigenvalue weighted by Gasteiger charge is -2.23. The minimum atomic E-state index is -0.894. The molecule has 0 amide bonds. The topological polar surface area (TPSA) is 63.3 Å². The molecule has 4 heteroatoms. The van der Waals surface area contributed by atoms with Crippen molar-refractivity contribution in [3.63, 3.8) is 0 Å². The standard InChI is InChI=1S/C10H12BrNO2/c1-10(12,6-9(13)14)7-3-2-4-8(11)5-7/h2-5H,6,12H2,1H3,(H,13,14)/t10-/m0/s1. The van der Waals surface area contributed by atoms with Crippen molar-refractivity contribution in [2.24, 2.45) is 5.73 Å². The summed E-state index contributed by atoms with van der Waals surface area (Å²) in [4.78, 5) is 10.6. The number of aliphatic carboxylic acids is 1. The molecule has 76 valence electrons. The first-order chi connectivity index (χ1) is 6.42. The third-order valence-electron chi connectivity index (χ3n) is 2.00. The lowest BCUT2D eigenvalue weighted by atomic mass is 9.90. The maximum absolute atomic E-state index is 10.6. The van der Waals surface area contributed by atoms with Gasteiger partial charge in [0.15, 0.2) is 0 Å². The zero-order chi connectivity index (χ0) is 10.8. The predicted molar refractivity (Wildman–Crippen MR) is 57.9 cm³/mol. The molecule has 1 atom stereocenters. The van der Waals surface area contributed by atoms with Gasteiger partial charge in [0.1, 0.15) is 0 Å². The quantitative estimate of drug-likeness (QED) is 0.872. The van der Waals surface area contributed by atoms with E-state index in [0.29, 0.717) is 0 Å². The summed E-state index contributed by atoms with van der Waals surface area (Å²) in [7, 11) is 0. The van der Waals surface area contributed by atoms with Crippen LogP contribution >= 0.6 is 15.9 Å². The van der Waals surface area contributed by atoms with Gasteiger partial charge >= 0.3 is 5.97 Å². The average Bonchev–Trinajstić information content (AvgIpc) is 2.01. The van der Waals surface area contributed by atoms with Gasteiger partial charge in [-0.25, -0.2) is 0 Å². The lowest BCUT2D eigenvalue weighted by Crippen LogP contribution is -2.35. The Hall–Kier alpha value is -0.870. The van der Waals surface area contributed by atoms with E-state index >= 15 is 0 Å². The van der Waals surface area contributed by atoms with E-state index in [-0.39, 0.29) is 6.42 Å². The molecule has 0 fully saturated rings. The van der Waals surface area contributed by atoms with Crippen molar-refractivity contribution in [3.8, 4) is 0 Å². The van der Waals surface area contributed by atoms with Crippen LogP contribution in [0.25, 0.3) is 0 Å². The molecule has 1 aromatic carbocycles. The van der Waals surface area contributed by atoms with Crippen molar-refractivity contribution < 1.29 is 9.90 Å². The Morgan fingerprint density at radius 1 is 1.64 bits per heavy atom. The molecule has 1 aromatic rings. The van der Waals surface area contributed by atoms with Crippen LogP contribution in [0.3, 0.4) is 0 Å². The molecule has 0 aliphatic carbocycles. The van der Waals surface area contributed by atoms with Crippen LogP contribution in [0.2, 0.25) is 0 Å². The summed E-state index contributed by atoms with van der Waals surface area (Å²) in [5.74, 6) is -0.894. The van der Waals surface area contributed by atoms with Crippen molar-refractivity contribution in [2.45, 2.75) is 18.9 Å². The molecule has 0 spiro atoms. The molecular weight excluding hydrogens is 246 g/mol. The van der Waals surface area contributed by atoms with Crippen molar-refractivity contribution in [2.75, 3.05) is 0 Å². The van der Waals surface area contributed by atoms with Crippen LogP contribution in [-0.4, -0.2) is 11.1 Å². The van der Waals surface area contributed by atoms with Gasteiger partial charge in [0.25, 0.3) is 0 Å². The van der Waals surface area contributed by atoms with Gasteiger partial charge in [-0.05, 0) is 24.6 Å². The molecule has 0 unspecified atom stereocenters. The second-order valence-corrected chi connectivity index (χ2v) is 4.41. The second-order valence-electron chi connectivity index (χ2n) is 3.50. The predicted octanol–water partition coefficient (Wildman–Crippen LogP) is 2.10. The van der Waals surface area contributed by atoms with Gasteiger partial charge in [-0.3, -0.25) is 4.79 Å². The van der Waals surface area contributed by atoms with E-state index in [1.54, 1.807) is 6.92 Å². The van der Waals surface area contributed by atoms with E-state index in [9.17, 15) is 4.79 Å². The molecule has 3 N–H and O–H groups in total. The maximum Gasteiger partial charge on any atom is 0.305 e. The molecule has 1 rings (SSSR count). The molecule has 0 heterocycles. The van der Waals surface area contributed by atoms with E-state index in [4.69, 9.17) is 10.8 Å². The first kappa shape index (κ1) is 11.2. The Kier molecular flexibility index (Phi) is 3.29. The van der Waals surface area contributed by atoms with Crippen LogP contribution in [0.1, 0.15) is 18.9 Å². The van der Waals surface area contributed by atoms with Gasteiger partial charge < -0.3 is 10.8 Å². The van der Waals surface area contributed by atoms with E-state index in [2.05, 4.69) is 15.9 Å². The van der Waals surface area contributed by atoms with Crippen molar-refractivity contribution in [1.29, 1.82) is 0 Å². The van der Waals surface area contributed by atoms with Gasteiger partial charge in [-0.2, -0.15) is 0 Å². The van der Waals surface area contributed by atoms with Crippen LogP contribution in [0.5, 0.6) is 0 Å². The second kappa shape index (κ2) is 4.11. The summed E-state index contributed by atoms with van der Waals surface area (Å²) < 4.78 is 0.900. The van der Waals surface area contributed by atoms with E-state index in [1.807, 2.05) is 24.3 Å². The van der Waals surface area contributed by atoms with Crippen LogP contribution < -0.4 is 5.73 Å². The molecule has 14 heavy (non-hydrogen) atoms. The summed E-state index contributed by atoms with van der Waals surface area (Å²) in [6, 6.07) is 7.38. The van der Waals surface area contributed by atoms with E-state index in [1.165, 1.54) is 0 Å². The molecule has 0 aliphatic heterocycles. The SMILES string of the molecule is C[C@](N)(CC(=O)O)c1cccc(Br)c1. The summed E-state index contributed by atoms with van der Waals surface area (Å²) in [5, 5.41) is 8.69.